The van der Waals surface area contributed by atoms with Crippen molar-refractivity contribution in [2.45, 2.75) is 12.8 Å². The fraction of sp³-hybridized carbons (Fsp3) is 0.348. The molecule has 2 aliphatic rings. The Kier molecular flexibility index (Phi) is 6.35. The third-order valence-corrected chi connectivity index (χ3v) is 5.63. The van der Waals surface area contributed by atoms with Crippen molar-refractivity contribution < 1.29 is 14.4 Å². The number of nitrogens with one attached hydrogen (secondary N) is 3. The zero-order valence-corrected chi connectivity index (χ0v) is 17.3. The van der Waals surface area contributed by atoms with Crippen LogP contribution >= 0.6 is 0 Å². The maximum Gasteiger partial charge on any atom is 0.321 e. The maximum atomic E-state index is 12.3. The van der Waals surface area contributed by atoms with Crippen LogP contribution < -0.4 is 20.9 Å². The highest BCUT2D eigenvalue weighted by atomic mass is 16.2. The van der Waals surface area contributed by atoms with Gasteiger partial charge in [-0.2, -0.15) is 0 Å². The molecule has 0 aromatic heterocycles. The van der Waals surface area contributed by atoms with E-state index < -0.39 is 0 Å². The first-order valence-electron chi connectivity index (χ1n) is 10.6. The summed E-state index contributed by atoms with van der Waals surface area (Å²) in [6.07, 6.45) is 1.28. The van der Waals surface area contributed by atoms with Gasteiger partial charge in [0.25, 0.3) is 0 Å². The summed E-state index contributed by atoms with van der Waals surface area (Å²) >= 11 is 0. The molecule has 5 amide bonds. The summed E-state index contributed by atoms with van der Waals surface area (Å²) in [6, 6.07) is 16.8. The molecule has 2 saturated heterocycles. The molecule has 0 spiro atoms. The van der Waals surface area contributed by atoms with Gasteiger partial charge in [-0.3, -0.25) is 9.69 Å². The molecule has 0 bridgehead atoms. The molecule has 2 heterocycles. The average Bonchev–Trinajstić information content (AvgIpc) is 3.36. The van der Waals surface area contributed by atoms with E-state index in [9.17, 15) is 14.4 Å². The summed E-state index contributed by atoms with van der Waals surface area (Å²) in [6.45, 7) is 3.01. The Hall–Kier alpha value is -3.55. The van der Waals surface area contributed by atoms with Crippen LogP contribution in [0.5, 0.6) is 0 Å². The van der Waals surface area contributed by atoms with Gasteiger partial charge in [-0.05, 0) is 30.2 Å². The van der Waals surface area contributed by atoms with Crippen molar-refractivity contribution in [1.29, 1.82) is 0 Å². The topological polar surface area (TPSA) is 93.8 Å². The zero-order valence-electron chi connectivity index (χ0n) is 17.3. The van der Waals surface area contributed by atoms with E-state index in [1.165, 1.54) is 5.56 Å². The van der Waals surface area contributed by atoms with Crippen LogP contribution in [0, 0.1) is 5.92 Å². The monoisotopic (exact) mass is 421 g/mol. The van der Waals surface area contributed by atoms with Crippen LogP contribution in [0.1, 0.15) is 12.0 Å². The van der Waals surface area contributed by atoms with Crippen molar-refractivity contribution in [1.82, 2.24) is 15.5 Å². The molecule has 8 heteroatoms. The van der Waals surface area contributed by atoms with Gasteiger partial charge in [-0.1, -0.05) is 36.4 Å². The molecule has 0 radical (unpaired) electrons. The second kappa shape index (κ2) is 9.51. The van der Waals surface area contributed by atoms with Gasteiger partial charge < -0.3 is 20.9 Å². The lowest BCUT2D eigenvalue weighted by molar-refractivity contribution is -0.127. The van der Waals surface area contributed by atoms with E-state index in [2.05, 4.69) is 28.1 Å². The number of hydrogen-bond donors (Lipinski definition) is 3. The van der Waals surface area contributed by atoms with Crippen molar-refractivity contribution in [3.63, 3.8) is 0 Å². The van der Waals surface area contributed by atoms with Gasteiger partial charge >= 0.3 is 12.1 Å². The molecular weight excluding hydrogens is 394 g/mol. The maximum absolute atomic E-state index is 12.3. The number of urea groups is 2. The fourth-order valence-corrected chi connectivity index (χ4v) is 4.00. The van der Waals surface area contributed by atoms with E-state index in [0.717, 1.165) is 12.1 Å². The van der Waals surface area contributed by atoms with Crippen LogP contribution in [0.25, 0.3) is 0 Å². The lowest BCUT2D eigenvalue weighted by atomic mass is 10.1. The van der Waals surface area contributed by atoms with Crippen molar-refractivity contribution in [3.05, 3.63) is 60.2 Å². The van der Waals surface area contributed by atoms with E-state index in [4.69, 9.17) is 0 Å². The lowest BCUT2D eigenvalue weighted by Gasteiger charge is -2.17. The number of amides is 5. The van der Waals surface area contributed by atoms with Crippen molar-refractivity contribution >= 4 is 29.3 Å². The molecule has 2 aliphatic heterocycles. The number of anilines is 2. The second-order valence-corrected chi connectivity index (χ2v) is 7.91. The third-order valence-electron chi connectivity index (χ3n) is 5.63. The summed E-state index contributed by atoms with van der Waals surface area (Å²) in [4.78, 5) is 40.0. The minimum atomic E-state index is -0.321. The normalized spacial score (nSPS) is 18.3. The Morgan fingerprint density at radius 2 is 1.94 bits per heavy atom. The molecular formula is C23H27N5O3. The Bertz CT molecular complexity index is 949. The summed E-state index contributed by atoms with van der Waals surface area (Å²) in [5.41, 5.74) is 2.56. The van der Waals surface area contributed by atoms with Gasteiger partial charge in [0.2, 0.25) is 5.91 Å². The van der Waals surface area contributed by atoms with Crippen LogP contribution in [0.4, 0.5) is 21.0 Å². The smallest absolute Gasteiger partial charge is 0.321 e. The molecule has 3 N–H and O–H groups in total. The second-order valence-electron chi connectivity index (χ2n) is 7.91. The van der Waals surface area contributed by atoms with Gasteiger partial charge in [-0.15, -0.1) is 0 Å². The van der Waals surface area contributed by atoms with E-state index >= 15 is 0 Å². The summed E-state index contributed by atoms with van der Waals surface area (Å²) in [5.74, 6) is 0.244. The van der Waals surface area contributed by atoms with Gasteiger partial charge in [0.15, 0.2) is 0 Å². The van der Waals surface area contributed by atoms with Crippen LogP contribution in [0.2, 0.25) is 0 Å². The molecule has 31 heavy (non-hydrogen) atoms. The van der Waals surface area contributed by atoms with Crippen LogP contribution in [-0.4, -0.2) is 55.6 Å². The molecule has 2 aromatic rings. The van der Waals surface area contributed by atoms with E-state index in [1.807, 2.05) is 29.2 Å². The molecule has 2 aromatic carbocycles. The number of benzene rings is 2. The molecule has 1 atom stereocenters. The molecule has 0 unspecified atom stereocenters. The number of carbonyl (C=O) groups excluding carboxylic acids is 3. The predicted octanol–water partition coefficient (Wildman–Crippen LogP) is 2.43. The third kappa shape index (κ3) is 5.33. The number of likely N-dealkylation sites (tertiary alicyclic amines) is 1. The quantitative estimate of drug-likeness (QED) is 0.641. The Morgan fingerprint density at radius 3 is 2.71 bits per heavy atom. The van der Waals surface area contributed by atoms with Crippen LogP contribution in [-0.2, 0) is 11.2 Å². The molecule has 162 valence electrons. The standard InChI is InChI=1S/C23H27N5O3/c29-21-13-18(16-27(21)11-9-17-5-2-1-3-6-17)15-25-22(30)26-19-7-4-8-20(14-19)28-12-10-24-23(28)31/h1-8,14,18H,9-13,15-16H2,(H,24,31)(H2,25,26,30)/t18-/m0/s1. The van der Waals surface area contributed by atoms with E-state index in [-0.39, 0.29) is 23.9 Å². The highest BCUT2D eigenvalue weighted by Gasteiger charge is 2.29. The van der Waals surface area contributed by atoms with Gasteiger partial charge in [0, 0.05) is 56.4 Å². The molecule has 0 saturated carbocycles. The van der Waals surface area contributed by atoms with Gasteiger partial charge in [0.1, 0.15) is 0 Å². The van der Waals surface area contributed by atoms with Gasteiger partial charge in [-0.25, -0.2) is 9.59 Å². The first-order valence-corrected chi connectivity index (χ1v) is 10.6. The van der Waals surface area contributed by atoms with Crippen LogP contribution in [0.3, 0.4) is 0 Å². The molecule has 0 aliphatic carbocycles. The Labute approximate surface area is 181 Å². The number of rotatable bonds is 7. The number of hydrogen-bond acceptors (Lipinski definition) is 3. The summed E-state index contributed by atoms with van der Waals surface area (Å²) in [5, 5.41) is 8.43. The number of nitrogens with zero attached hydrogens (tertiary/aromatic N) is 2. The highest BCUT2D eigenvalue weighted by Crippen LogP contribution is 2.21. The first kappa shape index (κ1) is 20.7. The number of carbonyl (C=O) groups is 3. The lowest BCUT2D eigenvalue weighted by Crippen LogP contribution is -2.34. The van der Waals surface area contributed by atoms with E-state index in [0.29, 0.717) is 44.8 Å². The predicted molar refractivity (Wildman–Crippen MR) is 119 cm³/mol. The highest BCUT2D eigenvalue weighted by molar-refractivity contribution is 5.95. The zero-order chi connectivity index (χ0) is 21.6. The Morgan fingerprint density at radius 1 is 1.10 bits per heavy atom. The largest absolute Gasteiger partial charge is 0.342 e. The van der Waals surface area contributed by atoms with Gasteiger partial charge in [0.05, 0.1) is 0 Å². The fourth-order valence-electron chi connectivity index (χ4n) is 4.00. The molecule has 8 nitrogen and oxygen atoms in total. The van der Waals surface area contributed by atoms with Crippen LogP contribution in [0.15, 0.2) is 54.6 Å². The SMILES string of the molecule is O=C(NC[C@@H]1CC(=O)N(CCc2ccccc2)C1)Nc1cccc(N2CCNC2=O)c1. The molecule has 2 fully saturated rings. The van der Waals surface area contributed by atoms with Crippen molar-refractivity contribution in [3.8, 4) is 0 Å². The van der Waals surface area contributed by atoms with E-state index in [1.54, 1.807) is 23.1 Å². The minimum absolute atomic E-state index is 0.105. The average molecular weight is 422 g/mol. The van der Waals surface area contributed by atoms with Crippen molar-refractivity contribution in [2.75, 3.05) is 42.9 Å². The summed E-state index contributed by atoms with van der Waals surface area (Å²) < 4.78 is 0. The Balaban J connectivity index is 1.23. The minimum Gasteiger partial charge on any atom is -0.342 e. The van der Waals surface area contributed by atoms with Crippen molar-refractivity contribution in [2.24, 2.45) is 5.92 Å². The summed E-state index contributed by atoms with van der Waals surface area (Å²) in [7, 11) is 0. The molecule has 4 rings (SSSR count). The first-order chi connectivity index (χ1) is 15.1.